The monoisotopic (exact) mass is 271 g/mol. The smallest absolute Gasteiger partial charge is 0.222 e. The molecule has 7 heteroatoms. The van der Waals surface area contributed by atoms with Crippen LogP contribution in [0.2, 0.25) is 0 Å². The van der Waals surface area contributed by atoms with E-state index in [2.05, 4.69) is 15.3 Å². The summed E-state index contributed by atoms with van der Waals surface area (Å²) < 4.78 is 22.5. The van der Waals surface area contributed by atoms with Crippen LogP contribution in [-0.4, -0.2) is 42.2 Å². The van der Waals surface area contributed by atoms with Crippen molar-refractivity contribution in [3.8, 4) is 0 Å². The van der Waals surface area contributed by atoms with Gasteiger partial charge >= 0.3 is 0 Å². The maximum Gasteiger partial charge on any atom is 0.222 e. The number of hydrogen-bond acceptors (Lipinski definition) is 6. The highest BCUT2D eigenvalue weighted by Gasteiger charge is 2.09. The minimum absolute atomic E-state index is 0.0420. The number of sulfone groups is 1. The van der Waals surface area contributed by atoms with Crippen molar-refractivity contribution >= 4 is 21.6 Å². The first-order valence-corrected chi connectivity index (χ1v) is 7.46. The van der Waals surface area contributed by atoms with Crippen LogP contribution >= 0.6 is 0 Å². The van der Waals surface area contributed by atoms with Gasteiger partial charge in [0.1, 0.15) is 0 Å². The number of rotatable bonds is 6. The third-order valence-electron chi connectivity index (χ3n) is 2.49. The fourth-order valence-electron chi connectivity index (χ4n) is 1.36. The largest absolute Gasteiger partial charge is 0.353 e. The van der Waals surface area contributed by atoms with E-state index in [0.29, 0.717) is 17.2 Å². The Balaban J connectivity index is 2.65. The number of carbonyl (C=O) groups is 1. The number of hydrogen-bond donors (Lipinski definition) is 1. The molecule has 18 heavy (non-hydrogen) atoms. The number of anilines is 1. The van der Waals surface area contributed by atoms with Crippen molar-refractivity contribution in [2.24, 2.45) is 0 Å². The van der Waals surface area contributed by atoms with E-state index in [-0.39, 0.29) is 23.8 Å². The molecule has 0 saturated heterocycles. The molecule has 1 aromatic heterocycles. The summed E-state index contributed by atoms with van der Waals surface area (Å²) in [5.41, 5.74) is 1.06. The zero-order valence-electron chi connectivity index (χ0n) is 10.7. The Hall–Kier alpha value is -1.50. The van der Waals surface area contributed by atoms with Crippen LogP contribution in [0.1, 0.15) is 29.9 Å². The number of carbonyl (C=O) groups excluding carboxylic acids is 1. The molecule has 0 radical (unpaired) electrons. The van der Waals surface area contributed by atoms with E-state index in [4.69, 9.17) is 0 Å². The molecule has 0 aliphatic rings. The highest BCUT2D eigenvalue weighted by atomic mass is 32.2. The molecule has 100 valence electrons. The van der Waals surface area contributed by atoms with E-state index in [1.54, 1.807) is 13.8 Å². The van der Waals surface area contributed by atoms with Crippen molar-refractivity contribution in [2.75, 3.05) is 23.4 Å². The summed E-state index contributed by atoms with van der Waals surface area (Å²) in [6.07, 6.45) is 1.45. The molecule has 0 fully saturated rings. The van der Waals surface area contributed by atoms with Crippen LogP contribution in [0.15, 0.2) is 6.20 Å². The Morgan fingerprint density at radius 2 is 2.11 bits per heavy atom. The van der Waals surface area contributed by atoms with Gasteiger partial charge in [-0.15, -0.1) is 0 Å². The molecule has 1 heterocycles. The lowest BCUT2D eigenvalue weighted by molar-refractivity contribution is 0.101. The predicted octanol–water partition coefficient (Wildman–Crippen LogP) is 0.834. The van der Waals surface area contributed by atoms with Gasteiger partial charge in [0.2, 0.25) is 5.95 Å². The van der Waals surface area contributed by atoms with E-state index >= 15 is 0 Å². The Morgan fingerprint density at radius 3 is 2.61 bits per heavy atom. The second kappa shape index (κ2) is 5.90. The Kier molecular flexibility index (Phi) is 4.77. The normalized spacial score (nSPS) is 11.3. The molecule has 0 aliphatic heterocycles. The maximum atomic E-state index is 11.3. The fourth-order valence-corrected chi connectivity index (χ4v) is 2.06. The lowest BCUT2D eigenvalue weighted by atomic mass is 10.2. The molecule has 0 saturated carbocycles. The molecule has 1 aromatic rings. The van der Waals surface area contributed by atoms with Crippen LogP contribution in [0.5, 0.6) is 0 Å². The summed E-state index contributed by atoms with van der Waals surface area (Å²) >= 11 is 0. The number of aryl methyl sites for hydroxylation is 1. The first kappa shape index (κ1) is 14.6. The van der Waals surface area contributed by atoms with Crippen LogP contribution in [-0.2, 0) is 9.84 Å². The molecule has 0 bridgehead atoms. The van der Waals surface area contributed by atoms with Gasteiger partial charge in [-0.1, -0.05) is 6.92 Å². The van der Waals surface area contributed by atoms with Gasteiger partial charge in [0.25, 0.3) is 0 Å². The lowest BCUT2D eigenvalue weighted by Crippen LogP contribution is -2.18. The van der Waals surface area contributed by atoms with Crippen LogP contribution in [0.3, 0.4) is 0 Å². The van der Waals surface area contributed by atoms with E-state index in [9.17, 15) is 13.2 Å². The average Bonchev–Trinajstić information content (AvgIpc) is 2.28. The van der Waals surface area contributed by atoms with E-state index in [1.807, 2.05) is 0 Å². The second-order valence-corrected chi connectivity index (χ2v) is 6.38. The molecule has 6 nitrogen and oxygen atoms in total. The van der Waals surface area contributed by atoms with Gasteiger partial charge in [0.15, 0.2) is 15.6 Å². The lowest BCUT2D eigenvalue weighted by Gasteiger charge is -2.07. The quantitative estimate of drug-likeness (QED) is 0.771. The molecular weight excluding hydrogens is 254 g/mol. The highest BCUT2D eigenvalue weighted by molar-refractivity contribution is 7.91. The Bertz CT molecular complexity index is 540. The van der Waals surface area contributed by atoms with E-state index < -0.39 is 9.84 Å². The van der Waals surface area contributed by atoms with Gasteiger partial charge in [-0.2, -0.15) is 0 Å². The SMILES string of the molecule is CCS(=O)(=O)CCNc1ncc(C(C)=O)c(C)n1. The topological polar surface area (TPSA) is 89.0 Å². The molecular formula is C11H17N3O3S. The van der Waals surface area contributed by atoms with Crippen LogP contribution in [0, 0.1) is 6.92 Å². The highest BCUT2D eigenvalue weighted by Crippen LogP contribution is 2.07. The van der Waals surface area contributed by atoms with Gasteiger partial charge in [0.05, 0.1) is 17.0 Å². The fraction of sp³-hybridized carbons (Fsp3) is 0.545. The van der Waals surface area contributed by atoms with Crippen molar-refractivity contribution in [1.29, 1.82) is 0 Å². The van der Waals surface area contributed by atoms with Gasteiger partial charge in [-0.3, -0.25) is 4.79 Å². The number of nitrogens with zero attached hydrogens (tertiary/aromatic N) is 2. The number of aromatic nitrogens is 2. The van der Waals surface area contributed by atoms with Crippen LogP contribution in [0.25, 0.3) is 0 Å². The average molecular weight is 271 g/mol. The molecule has 0 atom stereocenters. The van der Waals surface area contributed by atoms with Crippen molar-refractivity contribution in [3.05, 3.63) is 17.5 Å². The first-order chi connectivity index (χ1) is 8.35. The van der Waals surface area contributed by atoms with Crippen molar-refractivity contribution in [3.63, 3.8) is 0 Å². The summed E-state index contributed by atoms with van der Waals surface area (Å²) in [7, 11) is -2.99. The van der Waals surface area contributed by atoms with Crippen molar-refractivity contribution in [2.45, 2.75) is 20.8 Å². The number of ketones is 1. The summed E-state index contributed by atoms with van der Waals surface area (Å²) in [5, 5.41) is 2.83. The zero-order chi connectivity index (χ0) is 13.8. The molecule has 0 aromatic carbocycles. The van der Waals surface area contributed by atoms with Gasteiger partial charge in [-0.25, -0.2) is 18.4 Å². The summed E-state index contributed by atoms with van der Waals surface area (Å²) in [6, 6.07) is 0. The third-order valence-corrected chi connectivity index (χ3v) is 4.20. The standard InChI is InChI=1S/C11H17N3O3S/c1-4-18(16,17)6-5-12-11-13-7-10(9(3)15)8(2)14-11/h7H,4-6H2,1-3H3,(H,12,13,14). The van der Waals surface area contributed by atoms with Gasteiger partial charge < -0.3 is 5.32 Å². The summed E-state index contributed by atoms with van der Waals surface area (Å²) in [6.45, 7) is 5.03. The zero-order valence-corrected chi connectivity index (χ0v) is 11.5. The Morgan fingerprint density at radius 1 is 1.44 bits per heavy atom. The molecule has 1 N–H and O–H groups in total. The maximum absolute atomic E-state index is 11.3. The van der Waals surface area contributed by atoms with E-state index in [0.717, 1.165) is 0 Å². The van der Waals surface area contributed by atoms with Crippen LogP contribution in [0.4, 0.5) is 5.95 Å². The van der Waals surface area contributed by atoms with E-state index in [1.165, 1.54) is 13.1 Å². The number of nitrogens with one attached hydrogen (secondary N) is 1. The molecule has 0 aliphatic carbocycles. The van der Waals surface area contributed by atoms with Gasteiger partial charge in [0, 0.05) is 18.5 Å². The molecule has 0 unspecified atom stereocenters. The molecule has 0 amide bonds. The van der Waals surface area contributed by atoms with Crippen molar-refractivity contribution < 1.29 is 13.2 Å². The predicted molar refractivity (Wildman–Crippen MR) is 69.6 cm³/mol. The molecule has 0 spiro atoms. The minimum atomic E-state index is -2.99. The second-order valence-electron chi connectivity index (χ2n) is 3.91. The van der Waals surface area contributed by atoms with Gasteiger partial charge in [-0.05, 0) is 13.8 Å². The first-order valence-electron chi connectivity index (χ1n) is 5.64. The summed E-state index contributed by atoms with van der Waals surface area (Å²) in [5.74, 6) is 0.412. The van der Waals surface area contributed by atoms with Crippen LogP contribution < -0.4 is 5.32 Å². The minimum Gasteiger partial charge on any atom is -0.353 e. The Labute approximate surface area is 107 Å². The molecule has 1 rings (SSSR count). The summed E-state index contributed by atoms with van der Waals surface area (Å²) in [4.78, 5) is 19.3. The number of Topliss-reactive ketones (excluding diaryl/α,β-unsaturated/α-hetero) is 1. The third kappa shape index (κ3) is 4.06. The van der Waals surface area contributed by atoms with Crippen molar-refractivity contribution in [1.82, 2.24) is 9.97 Å².